The maximum atomic E-state index is 12.0. The number of carbonyl (C=O) groups excluding carboxylic acids is 1. The van der Waals surface area contributed by atoms with E-state index in [2.05, 4.69) is 17.3 Å². The lowest BCUT2D eigenvalue weighted by molar-refractivity contribution is 0.0845. The molecule has 0 aliphatic rings. The number of halogens is 1. The zero-order valence-electron chi connectivity index (χ0n) is 9.33. The van der Waals surface area contributed by atoms with Crippen LogP contribution in [-0.2, 0) is 0 Å². The third kappa shape index (κ3) is 2.26. The standard InChI is InChI=1S/C13H11ClN2O/c1-3-6-16(2)13(17)12-8-9-7-10(14)4-5-11(9)15-12/h4-8,15H,1H2,2H3. The Balaban J connectivity index is 2.43. The van der Waals surface area contributed by atoms with E-state index in [-0.39, 0.29) is 5.91 Å². The number of fused-ring (bicyclic) bond motifs is 1. The first kappa shape index (κ1) is 11.5. The Morgan fingerprint density at radius 3 is 3.00 bits per heavy atom. The molecular weight excluding hydrogens is 236 g/mol. The molecule has 0 fully saturated rings. The molecule has 1 N–H and O–H groups in total. The molecule has 0 aliphatic heterocycles. The van der Waals surface area contributed by atoms with Gasteiger partial charge in [0.15, 0.2) is 0 Å². The van der Waals surface area contributed by atoms with E-state index >= 15 is 0 Å². The Kier molecular flexibility index (Phi) is 3.05. The van der Waals surface area contributed by atoms with Gasteiger partial charge in [-0.15, -0.1) is 5.73 Å². The van der Waals surface area contributed by atoms with Crippen LogP contribution in [0.15, 0.2) is 42.8 Å². The molecule has 4 heteroatoms. The summed E-state index contributed by atoms with van der Waals surface area (Å²) in [6.07, 6.45) is 1.49. The quantitative estimate of drug-likeness (QED) is 0.812. The van der Waals surface area contributed by atoms with Crippen LogP contribution >= 0.6 is 11.6 Å². The summed E-state index contributed by atoms with van der Waals surface area (Å²) in [6.45, 7) is 3.43. The monoisotopic (exact) mass is 246 g/mol. The lowest BCUT2D eigenvalue weighted by Gasteiger charge is -2.08. The summed E-state index contributed by atoms with van der Waals surface area (Å²) < 4.78 is 0. The molecule has 0 bridgehead atoms. The summed E-state index contributed by atoms with van der Waals surface area (Å²) in [5, 5.41) is 1.56. The molecule has 0 aliphatic carbocycles. The Labute approximate surface area is 104 Å². The third-order valence-corrected chi connectivity index (χ3v) is 2.65. The number of hydrogen-bond donors (Lipinski definition) is 1. The van der Waals surface area contributed by atoms with E-state index in [0.717, 1.165) is 10.9 Å². The van der Waals surface area contributed by atoms with E-state index < -0.39 is 0 Å². The van der Waals surface area contributed by atoms with Crippen molar-refractivity contribution in [1.29, 1.82) is 0 Å². The van der Waals surface area contributed by atoms with Crippen molar-refractivity contribution in [2.75, 3.05) is 7.05 Å². The molecule has 0 spiro atoms. The molecule has 0 unspecified atom stereocenters. The second kappa shape index (κ2) is 4.50. The van der Waals surface area contributed by atoms with Gasteiger partial charge in [0.1, 0.15) is 5.69 Å². The number of aromatic nitrogens is 1. The lowest BCUT2D eigenvalue weighted by atomic mass is 10.2. The van der Waals surface area contributed by atoms with Crippen LogP contribution in [0, 0.1) is 0 Å². The van der Waals surface area contributed by atoms with Gasteiger partial charge in [-0.2, -0.15) is 0 Å². The van der Waals surface area contributed by atoms with Crippen LogP contribution in [0.1, 0.15) is 10.5 Å². The molecule has 2 rings (SSSR count). The number of rotatable bonds is 2. The Morgan fingerprint density at radius 2 is 2.29 bits per heavy atom. The van der Waals surface area contributed by atoms with Crippen molar-refractivity contribution in [3.05, 3.63) is 53.5 Å². The summed E-state index contributed by atoms with van der Waals surface area (Å²) in [5.74, 6) is -0.145. The fourth-order valence-electron chi connectivity index (χ4n) is 1.60. The van der Waals surface area contributed by atoms with Gasteiger partial charge in [0.25, 0.3) is 5.91 Å². The molecular formula is C13H11ClN2O. The average molecular weight is 247 g/mol. The highest BCUT2D eigenvalue weighted by molar-refractivity contribution is 6.31. The summed E-state index contributed by atoms with van der Waals surface area (Å²) >= 11 is 5.89. The summed E-state index contributed by atoms with van der Waals surface area (Å²) in [7, 11) is 1.65. The van der Waals surface area contributed by atoms with Gasteiger partial charge in [0.2, 0.25) is 0 Å². The van der Waals surface area contributed by atoms with Gasteiger partial charge in [0, 0.05) is 29.2 Å². The first-order valence-electron chi connectivity index (χ1n) is 5.03. The number of nitrogens with zero attached hydrogens (tertiary/aromatic N) is 1. The Morgan fingerprint density at radius 1 is 1.53 bits per heavy atom. The topological polar surface area (TPSA) is 36.1 Å². The van der Waals surface area contributed by atoms with Crippen LogP contribution in [0.2, 0.25) is 5.02 Å². The van der Waals surface area contributed by atoms with Crippen molar-refractivity contribution in [2.45, 2.75) is 0 Å². The smallest absolute Gasteiger partial charge is 0.274 e. The second-order valence-corrected chi connectivity index (χ2v) is 4.10. The second-order valence-electron chi connectivity index (χ2n) is 3.66. The van der Waals surface area contributed by atoms with Gasteiger partial charge < -0.3 is 9.88 Å². The molecule has 0 radical (unpaired) electrons. The van der Waals surface area contributed by atoms with Crippen LogP contribution in [0.25, 0.3) is 10.9 Å². The predicted molar refractivity (Wildman–Crippen MR) is 69.1 cm³/mol. The number of carbonyl (C=O) groups is 1. The van der Waals surface area contributed by atoms with Crippen LogP contribution in [0.4, 0.5) is 0 Å². The van der Waals surface area contributed by atoms with Crippen LogP contribution in [0.5, 0.6) is 0 Å². The molecule has 1 aromatic carbocycles. The normalized spacial score (nSPS) is 10.0. The largest absolute Gasteiger partial charge is 0.351 e. The molecule has 17 heavy (non-hydrogen) atoms. The lowest BCUT2D eigenvalue weighted by Crippen LogP contribution is -2.20. The number of aromatic amines is 1. The van der Waals surface area contributed by atoms with Crippen LogP contribution < -0.4 is 0 Å². The molecule has 1 heterocycles. The molecule has 0 saturated carbocycles. The van der Waals surface area contributed by atoms with Gasteiger partial charge in [-0.25, -0.2) is 0 Å². The van der Waals surface area contributed by atoms with E-state index in [4.69, 9.17) is 11.6 Å². The Bertz CT molecular complexity index is 623. The van der Waals surface area contributed by atoms with Gasteiger partial charge in [-0.1, -0.05) is 18.2 Å². The molecule has 0 saturated heterocycles. The number of hydrogen-bond acceptors (Lipinski definition) is 1. The SMILES string of the molecule is C=C=CN(C)C(=O)c1cc2cc(Cl)ccc2[nH]1. The maximum absolute atomic E-state index is 12.0. The van der Waals surface area contributed by atoms with Gasteiger partial charge >= 0.3 is 0 Å². The van der Waals surface area contributed by atoms with E-state index in [9.17, 15) is 4.79 Å². The van der Waals surface area contributed by atoms with Gasteiger partial charge in [-0.3, -0.25) is 4.79 Å². The fraction of sp³-hybridized carbons (Fsp3) is 0.0769. The van der Waals surface area contributed by atoms with Gasteiger partial charge in [0.05, 0.1) is 0 Å². The minimum Gasteiger partial charge on any atom is -0.351 e. The predicted octanol–water partition coefficient (Wildman–Crippen LogP) is 3.19. The highest BCUT2D eigenvalue weighted by atomic mass is 35.5. The number of benzene rings is 1. The van der Waals surface area contributed by atoms with Crippen molar-refractivity contribution in [2.24, 2.45) is 0 Å². The summed E-state index contributed by atoms with van der Waals surface area (Å²) in [4.78, 5) is 16.4. The molecule has 1 aromatic heterocycles. The zero-order chi connectivity index (χ0) is 12.4. The van der Waals surface area contributed by atoms with E-state index in [0.29, 0.717) is 10.7 Å². The highest BCUT2D eigenvalue weighted by Gasteiger charge is 2.12. The maximum Gasteiger partial charge on any atom is 0.274 e. The van der Waals surface area contributed by atoms with E-state index in [1.54, 1.807) is 19.2 Å². The minimum atomic E-state index is -0.145. The molecule has 86 valence electrons. The highest BCUT2D eigenvalue weighted by Crippen LogP contribution is 2.20. The van der Waals surface area contributed by atoms with E-state index in [1.165, 1.54) is 11.1 Å². The summed E-state index contributed by atoms with van der Waals surface area (Å²) in [6, 6.07) is 7.21. The minimum absolute atomic E-state index is 0.145. The number of H-pyrrole nitrogens is 1. The van der Waals surface area contributed by atoms with Crippen molar-refractivity contribution < 1.29 is 4.79 Å². The average Bonchev–Trinajstić information content (AvgIpc) is 2.71. The first-order valence-corrected chi connectivity index (χ1v) is 5.41. The van der Waals surface area contributed by atoms with Crippen molar-refractivity contribution >= 4 is 28.4 Å². The number of amides is 1. The van der Waals surface area contributed by atoms with Gasteiger partial charge in [-0.05, 0) is 24.3 Å². The van der Waals surface area contributed by atoms with E-state index in [1.807, 2.05) is 12.1 Å². The fourth-order valence-corrected chi connectivity index (χ4v) is 1.78. The van der Waals surface area contributed by atoms with Crippen molar-refractivity contribution in [3.8, 4) is 0 Å². The van der Waals surface area contributed by atoms with Crippen LogP contribution in [0.3, 0.4) is 0 Å². The molecule has 0 atom stereocenters. The van der Waals surface area contributed by atoms with Crippen molar-refractivity contribution in [3.63, 3.8) is 0 Å². The molecule has 2 aromatic rings. The molecule has 1 amide bonds. The molecule has 3 nitrogen and oxygen atoms in total. The first-order chi connectivity index (χ1) is 8.11. The summed E-state index contributed by atoms with van der Waals surface area (Å²) in [5.41, 5.74) is 3.95. The number of nitrogens with one attached hydrogen (secondary N) is 1. The zero-order valence-corrected chi connectivity index (χ0v) is 10.1. The Hall–Kier alpha value is -1.96. The van der Waals surface area contributed by atoms with Crippen LogP contribution in [-0.4, -0.2) is 22.8 Å². The van der Waals surface area contributed by atoms with Crippen molar-refractivity contribution in [1.82, 2.24) is 9.88 Å². The third-order valence-electron chi connectivity index (χ3n) is 2.42.